The van der Waals surface area contributed by atoms with Crippen molar-refractivity contribution in [3.05, 3.63) is 58.6 Å². The van der Waals surface area contributed by atoms with Crippen LogP contribution in [-0.2, 0) is 21.2 Å². The number of anilines is 1. The van der Waals surface area contributed by atoms with Gasteiger partial charge in [0.2, 0.25) is 0 Å². The zero-order valence-corrected chi connectivity index (χ0v) is 16.9. The van der Waals surface area contributed by atoms with Gasteiger partial charge in [0.25, 0.3) is 15.9 Å². The lowest BCUT2D eigenvalue weighted by molar-refractivity contribution is 0.0303. The molecule has 0 aliphatic carbocycles. The summed E-state index contributed by atoms with van der Waals surface area (Å²) in [5, 5.41) is 0.245. The van der Waals surface area contributed by atoms with Crippen LogP contribution in [0.3, 0.4) is 0 Å². The number of nitrogens with zero attached hydrogens (tertiary/aromatic N) is 2. The van der Waals surface area contributed by atoms with E-state index in [1.165, 1.54) is 22.5 Å². The molecule has 0 saturated carbocycles. The van der Waals surface area contributed by atoms with Crippen LogP contribution >= 0.6 is 11.6 Å². The first kappa shape index (κ1) is 19.2. The van der Waals surface area contributed by atoms with Gasteiger partial charge in [0.1, 0.15) is 0 Å². The number of benzene rings is 2. The van der Waals surface area contributed by atoms with Crippen LogP contribution in [0.5, 0.6) is 0 Å². The maximum absolute atomic E-state index is 13.4. The summed E-state index contributed by atoms with van der Waals surface area (Å²) in [5.41, 5.74) is 1.91. The molecule has 2 aromatic rings. The Hall–Kier alpha value is -2.09. The Balaban J connectivity index is 1.70. The average molecular weight is 421 g/mol. The van der Waals surface area contributed by atoms with Gasteiger partial charge in [-0.25, -0.2) is 8.42 Å². The molecule has 0 N–H and O–H groups in total. The first-order valence-corrected chi connectivity index (χ1v) is 11.1. The highest BCUT2D eigenvalue weighted by molar-refractivity contribution is 7.92. The van der Waals surface area contributed by atoms with E-state index in [0.29, 0.717) is 38.5 Å². The van der Waals surface area contributed by atoms with Crippen molar-refractivity contribution in [1.29, 1.82) is 0 Å². The molecule has 0 atom stereocenters. The summed E-state index contributed by atoms with van der Waals surface area (Å²) >= 11 is 6.24. The van der Waals surface area contributed by atoms with Crippen molar-refractivity contribution in [3.8, 4) is 0 Å². The lowest BCUT2D eigenvalue weighted by Crippen LogP contribution is -2.41. The fourth-order valence-electron chi connectivity index (χ4n) is 3.64. The molecule has 0 radical (unpaired) electrons. The monoisotopic (exact) mass is 420 g/mol. The van der Waals surface area contributed by atoms with Crippen molar-refractivity contribution >= 4 is 33.2 Å². The quantitative estimate of drug-likeness (QED) is 0.765. The number of fused-ring (bicyclic) bond motifs is 1. The number of morpholine rings is 1. The molecular weight excluding hydrogens is 400 g/mol. The van der Waals surface area contributed by atoms with Crippen molar-refractivity contribution < 1.29 is 17.9 Å². The van der Waals surface area contributed by atoms with E-state index in [1.807, 2.05) is 24.3 Å². The van der Waals surface area contributed by atoms with Gasteiger partial charge in [0.05, 0.1) is 34.4 Å². The number of amides is 1. The second-order valence-electron chi connectivity index (χ2n) is 6.86. The van der Waals surface area contributed by atoms with Gasteiger partial charge in [-0.3, -0.25) is 9.10 Å². The number of aryl methyl sites for hydroxylation is 1. The van der Waals surface area contributed by atoms with Crippen LogP contribution in [0, 0.1) is 0 Å². The van der Waals surface area contributed by atoms with Crippen LogP contribution in [0.1, 0.15) is 22.3 Å². The van der Waals surface area contributed by atoms with Crippen molar-refractivity contribution in [3.63, 3.8) is 0 Å². The number of hydrogen-bond donors (Lipinski definition) is 0. The van der Waals surface area contributed by atoms with Crippen molar-refractivity contribution in [2.45, 2.75) is 17.7 Å². The van der Waals surface area contributed by atoms with Gasteiger partial charge >= 0.3 is 0 Å². The van der Waals surface area contributed by atoms with Gasteiger partial charge in [-0.1, -0.05) is 29.8 Å². The zero-order valence-electron chi connectivity index (χ0n) is 15.3. The largest absolute Gasteiger partial charge is 0.378 e. The minimum Gasteiger partial charge on any atom is -0.378 e. The van der Waals surface area contributed by atoms with E-state index in [9.17, 15) is 13.2 Å². The predicted molar refractivity (Wildman–Crippen MR) is 107 cm³/mol. The van der Waals surface area contributed by atoms with E-state index < -0.39 is 10.0 Å². The SMILES string of the molecule is O=C(c1cc(S(=O)(=O)N2CCCc3ccccc32)ccc1Cl)N1CCOCC1. The summed E-state index contributed by atoms with van der Waals surface area (Å²) in [6, 6.07) is 11.9. The first-order valence-electron chi connectivity index (χ1n) is 9.26. The van der Waals surface area contributed by atoms with Gasteiger partial charge in [0.15, 0.2) is 0 Å². The highest BCUT2D eigenvalue weighted by Crippen LogP contribution is 2.33. The Morgan fingerprint density at radius 2 is 1.79 bits per heavy atom. The summed E-state index contributed by atoms with van der Waals surface area (Å²) in [4.78, 5) is 14.6. The molecule has 2 heterocycles. The lowest BCUT2D eigenvalue weighted by atomic mass is 10.0. The lowest BCUT2D eigenvalue weighted by Gasteiger charge is -2.31. The second-order valence-corrected chi connectivity index (χ2v) is 9.13. The van der Waals surface area contributed by atoms with Gasteiger partial charge in [0, 0.05) is 19.6 Å². The fraction of sp³-hybridized carbons (Fsp3) is 0.350. The van der Waals surface area contributed by atoms with Crippen molar-refractivity contribution in [2.24, 2.45) is 0 Å². The molecule has 1 amide bonds. The Labute approximate surface area is 169 Å². The molecular formula is C20H21ClN2O4S. The van der Waals surface area contributed by atoms with Gasteiger partial charge in [-0.2, -0.15) is 0 Å². The van der Waals surface area contributed by atoms with Crippen LogP contribution in [0.15, 0.2) is 47.4 Å². The molecule has 0 spiro atoms. The van der Waals surface area contributed by atoms with E-state index >= 15 is 0 Å². The third kappa shape index (κ3) is 3.50. The predicted octanol–water partition coefficient (Wildman–Crippen LogP) is 2.95. The summed E-state index contributed by atoms with van der Waals surface area (Å²) in [5.74, 6) is -0.274. The normalized spacial score (nSPS) is 17.3. The molecule has 0 aromatic heterocycles. The number of carbonyl (C=O) groups excluding carboxylic acids is 1. The van der Waals surface area contributed by atoms with Crippen LogP contribution in [-0.4, -0.2) is 52.1 Å². The third-order valence-corrected chi connectivity index (χ3v) is 7.26. The molecule has 28 heavy (non-hydrogen) atoms. The molecule has 4 rings (SSSR count). The topological polar surface area (TPSA) is 66.9 Å². The summed E-state index contributed by atoms with van der Waals surface area (Å²) in [6.45, 7) is 2.27. The van der Waals surface area contributed by atoms with E-state index in [4.69, 9.17) is 16.3 Å². The minimum atomic E-state index is -3.80. The molecule has 6 nitrogen and oxygen atoms in total. The van der Waals surface area contributed by atoms with Gasteiger partial charge < -0.3 is 9.64 Å². The smallest absolute Gasteiger partial charge is 0.264 e. The zero-order chi connectivity index (χ0) is 19.7. The Morgan fingerprint density at radius 3 is 2.57 bits per heavy atom. The Morgan fingerprint density at radius 1 is 1.04 bits per heavy atom. The molecule has 148 valence electrons. The number of hydrogen-bond acceptors (Lipinski definition) is 4. The average Bonchev–Trinajstić information content (AvgIpc) is 2.73. The molecule has 2 aromatic carbocycles. The van der Waals surface area contributed by atoms with E-state index in [1.54, 1.807) is 4.90 Å². The molecule has 0 unspecified atom stereocenters. The van der Waals surface area contributed by atoms with Gasteiger partial charge in [-0.05, 0) is 42.7 Å². The molecule has 2 aliphatic heterocycles. The molecule has 8 heteroatoms. The second kappa shape index (κ2) is 7.73. The minimum absolute atomic E-state index is 0.0743. The number of para-hydroxylation sites is 1. The van der Waals surface area contributed by atoms with Crippen LogP contribution in [0.2, 0.25) is 5.02 Å². The summed E-state index contributed by atoms with van der Waals surface area (Å²) < 4.78 is 33.4. The molecule has 0 bridgehead atoms. The maximum Gasteiger partial charge on any atom is 0.264 e. The number of rotatable bonds is 3. The van der Waals surface area contributed by atoms with E-state index in [2.05, 4.69) is 0 Å². The highest BCUT2D eigenvalue weighted by atomic mass is 35.5. The van der Waals surface area contributed by atoms with Crippen LogP contribution in [0.25, 0.3) is 0 Å². The number of carbonyl (C=O) groups is 1. The standard InChI is InChI=1S/C20H21ClN2O4S/c21-18-8-7-16(14-17(18)20(24)22-10-12-27-13-11-22)28(25,26)23-9-3-5-15-4-1-2-6-19(15)23/h1-2,4,6-8,14H,3,5,9-13H2. The van der Waals surface area contributed by atoms with Gasteiger partial charge in [-0.15, -0.1) is 0 Å². The molecule has 1 saturated heterocycles. The number of sulfonamides is 1. The van der Waals surface area contributed by atoms with Crippen molar-refractivity contribution in [2.75, 3.05) is 37.2 Å². The summed E-state index contributed by atoms with van der Waals surface area (Å²) in [6.07, 6.45) is 1.60. The van der Waals surface area contributed by atoms with Crippen molar-refractivity contribution in [1.82, 2.24) is 4.90 Å². The fourth-order valence-corrected chi connectivity index (χ4v) is 5.41. The van der Waals surface area contributed by atoms with Crippen LogP contribution in [0.4, 0.5) is 5.69 Å². The molecule has 2 aliphatic rings. The molecule has 1 fully saturated rings. The Bertz CT molecular complexity index is 1000. The maximum atomic E-state index is 13.4. The van der Waals surface area contributed by atoms with E-state index in [-0.39, 0.29) is 21.4 Å². The number of halogens is 1. The third-order valence-electron chi connectivity index (χ3n) is 5.12. The first-order chi connectivity index (χ1) is 13.5. The number of ether oxygens (including phenoxy) is 1. The highest BCUT2D eigenvalue weighted by Gasteiger charge is 2.30. The Kier molecular flexibility index (Phi) is 5.31. The summed E-state index contributed by atoms with van der Waals surface area (Å²) in [7, 11) is -3.80. The van der Waals surface area contributed by atoms with E-state index in [0.717, 1.165) is 18.4 Å². The van der Waals surface area contributed by atoms with Crippen LogP contribution < -0.4 is 4.31 Å².